The third-order valence-corrected chi connectivity index (χ3v) is 5.93. The first-order chi connectivity index (χ1) is 16.7. The third-order valence-electron chi connectivity index (χ3n) is 5.93. The van der Waals surface area contributed by atoms with E-state index in [1.54, 1.807) is 6.20 Å². The molecule has 4 rings (SSSR count). The predicted molar refractivity (Wildman–Crippen MR) is 138 cm³/mol. The highest BCUT2D eigenvalue weighted by Gasteiger charge is 2.12. The second kappa shape index (κ2) is 12.3. The molecule has 180 valence electrons. The zero-order chi connectivity index (χ0) is 23.6. The molecule has 2 aromatic rings. The molecule has 2 fully saturated rings. The molecule has 0 atom stereocenters. The Labute approximate surface area is 201 Å². The number of amidine groups is 1. The highest BCUT2D eigenvalue weighted by atomic mass is 16.5. The van der Waals surface area contributed by atoms with E-state index in [2.05, 4.69) is 68.4 Å². The van der Waals surface area contributed by atoms with Crippen LogP contribution >= 0.6 is 0 Å². The normalized spacial score (nSPS) is 17.3. The van der Waals surface area contributed by atoms with Gasteiger partial charge in [0.05, 0.1) is 26.4 Å². The van der Waals surface area contributed by atoms with Crippen molar-refractivity contribution in [1.82, 2.24) is 10.2 Å². The molecule has 2 saturated heterocycles. The summed E-state index contributed by atoms with van der Waals surface area (Å²) in [5.41, 5.74) is 4.41. The van der Waals surface area contributed by atoms with Gasteiger partial charge in [0.25, 0.3) is 0 Å². The van der Waals surface area contributed by atoms with Gasteiger partial charge in [-0.15, -0.1) is 0 Å². The van der Waals surface area contributed by atoms with Crippen molar-refractivity contribution in [3.05, 3.63) is 72.4 Å². The number of aliphatic imine (C=N–C) groups is 1. The standard InChI is InChI=1S/C26H34N6O2/c1-2-28-25(19-21-3-5-22(6-4-21)20-31-11-15-33-16-12-31)30-26(27)29-23-7-9-24(10-8-23)32-13-17-34-18-14-32/h2-10H,1,11-20H2,(H3,27,28,29,30). The minimum Gasteiger partial charge on any atom is -0.379 e. The van der Waals surface area contributed by atoms with E-state index < -0.39 is 0 Å². The average Bonchev–Trinajstić information content (AvgIpc) is 2.87. The van der Waals surface area contributed by atoms with Crippen molar-refractivity contribution in [2.24, 2.45) is 4.99 Å². The number of guanidine groups is 1. The van der Waals surface area contributed by atoms with Crippen LogP contribution in [-0.2, 0) is 22.4 Å². The maximum Gasteiger partial charge on any atom is 0.221 e. The first-order valence-electron chi connectivity index (χ1n) is 11.8. The van der Waals surface area contributed by atoms with Gasteiger partial charge in [-0.05, 0) is 41.6 Å². The van der Waals surface area contributed by atoms with Gasteiger partial charge in [-0.3, -0.25) is 10.3 Å². The summed E-state index contributed by atoms with van der Waals surface area (Å²) in [6, 6.07) is 16.6. The summed E-state index contributed by atoms with van der Waals surface area (Å²) in [5, 5.41) is 14.4. The van der Waals surface area contributed by atoms with Gasteiger partial charge >= 0.3 is 0 Å². The number of benzene rings is 2. The number of ether oxygens (including phenoxy) is 2. The average molecular weight is 463 g/mol. The molecule has 0 amide bonds. The lowest BCUT2D eigenvalue weighted by Gasteiger charge is -2.28. The lowest BCUT2D eigenvalue weighted by molar-refractivity contribution is 0.0342. The molecule has 0 spiro atoms. The van der Waals surface area contributed by atoms with Gasteiger partial charge in [0.2, 0.25) is 5.96 Å². The molecule has 8 nitrogen and oxygen atoms in total. The van der Waals surface area contributed by atoms with E-state index in [4.69, 9.17) is 14.9 Å². The number of hydrogen-bond acceptors (Lipinski definition) is 5. The van der Waals surface area contributed by atoms with Crippen LogP contribution in [0.25, 0.3) is 0 Å². The molecule has 8 heteroatoms. The van der Waals surface area contributed by atoms with E-state index in [1.807, 2.05) is 12.1 Å². The summed E-state index contributed by atoms with van der Waals surface area (Å²) < 4.78 is 10.8. The van der Waals surface area contributed by atoms with Gasteiger partial charge in [0.15, 0.2) is 0 Å². The Kier molecular flexibility index (Phi) is 8.67. The minimum atomic E-state index is 0.0763. The van der Waals surface area contributed by atoms with E-state index in [0.717, 1.165) is 76.1 Å². The van der Waals surface area contributed by atoms with Crippen molar-refractivity contribution in [1.29, 1.82) is 5.41 Å². The first-order valence-corrected chi connectivity index (χ1v) is 11.8. The summed E-state index contributed by atoms with van der Waals surface area (Å²) >= 11 is 0. The number of rotatable bonds is 7. The van der Waals surface area contributed by atoms with E-state index in [1.165, 1.54) is 5.56 Å². The molecule has 3 N–H and O–H groups in total. The van der Waals surface area contributed by atoms with E-state index >= 15 is 0 Å². The molecule has 2 aromatic carbocycles. The lowest BCUT2D eigenvalue weighted by atomic mass is 10.1. The Hall–Kier alpha value is -3.20. The summed E-state index contributed by atoms with van der Waals surface area (Å²) in [6.07, 6.45) is 2.18. The number of nitrogens with one attached hydrogen (secondary N) is 3. The van der Waals surface area contributed by atoms with Crippen molar-refractivity contribution in [3.8, 4) is 0 Å². The van der Waals surface area contributed by atoms with E-state index in [-0.39, 0.29) is 5.96 Å². The molecule has 2 heterocycles. The van der Waals surface area contributed by atoms with Crippen molar-refractivity contribution in [3.63, 3.8) is 0 Å². The molecular formula is C26H34N6O2. The van der Waals surface area contributed by atoms with E-state index in [0.29, 0.717) is 12.3 Å². The lowest BCUT2D eigenvalue weighted by Crippen LogP contribution is -2.36. The van der Waals surface area contributed by atoms with E-state index in [9.17, 15) is 0 Å². The Morgan fingerprint density at radius 3 is 2.18 bits per heavy atom. The van der Waals surface area contributed by atoms with Crippen LogP contribution in [0, 0.1) is 5.41 Å². The second-order valence-electron chi connectivity index (χ2n) is 8.41. The number of morpholine rings is 2. The summed E-state index contributed by atoms with van der Waals surface area (Å²) in [5.74, 6) is 0.741. The highest BCUT2D eigenvalue weighted by molar-refractivity contribution is 6.02. The SMILES string of the molecule is C=CN/C(Cc1ccc(CN2CCOCC2)cc1)=N\C(=N)Nc1ccc(N2CCOCC2)cc1. The monoisotopic (exact) mass is 462 g/mol. The zero-order valence-electron chi connectivity index (χ0n) is 19.6. The van der Waals surface area contributed by atoms with Crippen molar-refractivity contribution < 1.29 is 9.47 Å². The van der Waals surface area contributed by atoms with Gasteiger partial charge in [-0.25, -0.2) is 0 Å². The molecule has 0 radical (unpaired) electrons. The maximum absolute atomic E-state index is 8.31. The molecule has 2 aliphatic heterocycles. The van der Waals surface area contributed by atoms with Crippen LogP contribution in [0.1, 0.15) is 11.1 Å². The summed E-state index contributed by atoms with van der Waals surface area (Å²) in [6.45, 7) is 11.6. The predicted octanol–water partition coefficient (Wildman–Crippen LogP) is 3.08. The minimum absolute atomic E-state index is 0.0763. The first kappa shape index (κ1) is 23.9. The van der Waals surface area contributed by atoms with Gasteiger partial charge in [-0.2, -0.15) is 4.99 Å². The van der Waals surface area contributed by atoms with Crippen LogP contribution in [0.2, 0.25) is 0 Å². The van der Waals surface area contributed by atoms with Gasteiger partial charge in [0, 0.05) is 50.5 Å². The topological polar surface area (TPSA) is 85.2 Å². The molecule has 0 aromatic heterocycles. The number of anilines is 2. The Balaban J connectivity index is 1.32. The molecule has 2 aliphatic rings. The van der Waals surface area contributed by atoms with Crippen molar-refractivity contribution in [2.45, 2.75) is 13.0 Å². The van der Waals surface area contributed by atoms with Crippen LogP contribution in [-0.4, -0.2) is 69.3 Å². The largest absolute Gasteiger partial charge is 0.379 e. The van der Waals surface area contributed by atoms with Crippen LogP contribution in [0.15, 0.2) is 66.3 Å². The number of nitrogens with zero attached hydrogens (tertiary/aromatic N) is 3. The molecule has 0 unspecified atom stereocenters. The molecule has 0 saturated carbocycles. The Morgan fingerprint density at radius 2 is 1.53 bits per heavy atom. The molecular weight excluding hydrogens is 428 g/mol. The van der Waals surface area contributed by atoms with Gasteiger partial charge < -0.3 is 25.0 Å². The number of hydrogen-bond donors (Lipinski definition) is 3. The van der Waals surface area contributed by atoms with Crippen LogP contribution in [0.4, 0.5) is 11.4 Å². The zero-order valence-corrected chi connectivity index (χ0v) is 19.6. The smallest absolute Gasteiger partial charge is 0.221 e. The molecule has 0 bridgehead atoms. The molecule has 0 aliphatic carbocycles. The fraction of sp³-hybridized carbons (Fsp3) is 0.385. The highest BCUT2D eigenvalue weighted by Crippen LogP contribution is 2.19. The fourth-order valence-corrected chi connectivity index (χ4v) is 4.09. The van der Waals surface area contributed by atoms with Gasteiger partial charge in [0.1, 0.15) is 5.84 Å². The summed E-state index contributed by atoms with van der Waals surface area (Å²) in [7, 11) is 0. The van der Waals surface area contributed by atoms with Crippen LogP contribution in [0.5, 0.6) is 0 Å². The van der Waals surface area contributed by atoms with Crippen LogP contribution in [0.3, 0.4) is 0 Å². The maximum atomic E-state index is 8.31. The third kappa shape index (κ3) is 7.15. The molecule has 34 heavy (non-hydrogen) atoms. The van der Waals surface area contributed by atoms with Crippen molar-refractivity contribution >= 4 is 23.2 Å². The fourth-order valence-electron chi connectivity index (χ4n) is 4.09. The quantitative estimate of drug-likeness (QED) is 0.433. The van der Waals surface area contributed by atoms with Gasteiger partial charge in [-0.1, -0.05) is 30.8 Å². The Morgan fingerprint density at radius 1 is 0.912 bits per heavy atom. The van der Waals surface area contributed by atoms with Crippen molar-refractivity contribution in [2.75, 3.05) is 62.8 Å². The Bertz CT molecular complexity index is 962. The van der Waals surface area contributed by atoms with Crippen LogP contribution < -0.4 is 15.5 Å². The second-order valence-corrected chi connectivity index (χ2v) is 8.41. The summed E-state index contributed by atoms with van der Waals surface area (Å²) in [4.78, 5) is 9.15.